The third-order valence-electron chi connectivity index (χ3n) is 3.66. The zero-order valence-electron chi connectivity index (χ0n) is 12.5. The molecule has 1 aromatic heterocycles. The quantitative estimate of drug-likeness (QED) is 0.282. The Morgan fingerprint density at radius 2 is 1.85 bits per heavy atom. The van der Waals surface area contributed by atoms with E-state index in [1.165, 1.54) is 16.3 Å². The maximum Gasteiger partial charge on any atom is 0.473 e. The van der Waals surface area contributed by atoms with E-state index >= 15 is 0 Å². The Morgan fingerprint density at radius 1 is 1.12 bits per heavy atom. The average molecular weight is 366 g/mol. The number of aromatic nitrogens is 2. The van der Waals surface area contributed by atoms with E-state index in [4.69, 9.17) is 5.73 Å². The Morgan fingerprint density at radius 3 is 2.46 bits per heavy atom. The van der Waals surface area contributed by atoms with Crippen LogP contribution in [0.4, 0.5) is 46.0 Å². The molecule has 2 aromatic rings. The summed E-state index contributed by atoms with van der Waals surface area (Å²) in [5.41, 5.74) is 11.3. The van der Waals surface area contributed by atoms with Gasteiger partial charge in [-0.1, -0.05) is 0 Å². The molecule has 0 saturated carbocycles. The Labute approximate surface area is 142 Å². The van der Waals surface area contributed by atoms with Gasteiger partial charge in [0.25, 0.3) is 5.82 Å². The third-order valence-corrected chi connectivity index (χ3v) is 3.66. The van der Waals surface area contributed by atoms with Gasteiger partial charge in [-0.15, -0.1) is 10.5 Å². The predicted molar refractivity (Wildman–Crippen MR) is 83.8 cm³/mol. The van der Waals surface area contributed by atoms with Crippen molar-refractivity contribution in [1.29, 1.82) is 0 Å². The monoisotopic (exact) mass is 366 g/mol. The number of nitrogen functional groups attached to an aromatic ring is 1. The second kappa shape index (κ2) is 5.07. The average Bonchev–Trinajstić information content (AvgIpc) is 3.09. The van der Waals surface area contributed by atoms with Gasteiger partial charge in [0.1, 0.15) is 17.1 Å². The van der Waals surface area contributed by atoms with Gasteiger partial charge >= 0.3 is 5.95 Å². The molecule has 0 bridgehead atoms. The molecule has 0 fully saturated rings. The predicted octanol–water partition coefficient (Wildman–Crippen LogP) is 0.0456. The Hall–Kier alpha value is -3.86. The van der Waals surface area contributed by atoms with E-state index in [2.05, 4.69) is 20.8 Å². The molecule has 136 valence electrons. The standard InChI is InChI=1S/C10H10N10O6/c11-8-7-9(13-10(12-8)20(25)26)15-16-4-1-3(18(21)22)2-5(19(23)24)6(4)14-17(7)16/h1-2,14,21-24H,(H3,11,12,13,15). The van der Waals surface area contributed by atoms with E-state index in [-0.39, 0.29) is 50.5 Å². The lowest BCUT2D eigenvalue weighted by Gasteiger charge is -2.20. The second-order valence-electron chi connectivity index (χ2n) is 5.15. The summed E-state index contributed by atoms with van der Waals surface area (Å²) >= 11 is 0. The van der Waals surface area contributed by atoms with Crippen LogP contribution in [-0.4, -0.2) is 35.7 Å². The largest absolute Gasteiger partial charge is 0.473 e. The van der Waals surface area contributed by atoms with Crippen LogP contribution in [0.3, 0.4) is 0 Å². The normalized spacial score (nSPS) is 13.5. The number of hydrogen-bond acceptors (Lipinski definition) is 15. The minimum atomic E-state index is -0.806. The molecule has 0 radical (unpaired) electrons. The summed E-state index contributed by atoms with van der Waals surface area (Å²) in [7, 11) is 0. The van der Waals surface area contributed by atoms with Crippen LogP contribution in [0.2, 0.25) is 0 Å². The van der Waals surface area contributed by atoms with Gasteiger partial charge in [-0.25, -0.2) is 5.43 Å². The Balaban J connectivity index is 1.83. The van der Waals surface area contributed by atoms with E-state index in [1.807, 2.05) is 0 Å². The Bertz CT molecular complexity index is 935. The summed E-state index contributed by atoms with van der Waals surface area (Å²) in [6, 6.07) is 2.33. The summed E-state index contributed by atoms with van der Waals surface area (Å²) in [5, 5.41) is 50.2. The van der Waals surface area contributed by atoms with Gasteiger partial charge in [-0.2, -0.15) is 10.2 Å². The molecule has 8 N–H and O–H groups in total. The molecule has 0 saturated heterocycles. The molecule has 3 heterocycles. The number of hydrogen-bond donors (Lipinski definition) is 7. The summed E-state index contributed by atoms with van der Waals surface area (Å²) in [4.78, 5) is 17.4. The lowest BCUT2D eigenvalue weighted by molar-refractivity contribution is -0.394. The highest BCUT2D eigenvalue weighted by atomic mass is 16.8. The molecule has 1 aromatic carbocycles. The number of anilines is 7. The molecule has 16 heteroatoms. The number of nitrogens with two attached hydrogens (primary N) is 1. The van der Waals surface area contributed by atoms with Crippen LogP contribution < -0.4 is 37.3 Å². The smallest absolute Gasteiger partial charge is 0.390 e. The van der Waals surface area contributed by atoms with Crippen molar-refractivity contribution >= 4 is 46.0 Å². The summed E-state index contributed by atoms with van der Waals surface area (Å²) in [5.74, 6) is -0.904. The molecule has 4 rings (SSSR count). The van der Waals surface area contributed by atoms with Gasteiger partial charge in [-0.3, -0.25) is 26.3 Å². The van der Waals surface area contributed by atoms with Crippen molar-refractivity contribution in [3.05, 3.63) is 22.2 Å². The lowest BCUT2D eigenvalue weighted by atomic mass is 10.2. The molecule has 0 unspecified atom stereocenters. The lowest BCUT2D eigenvalue weighted by Crippen LogP contribution is -2.40. The van der Waals surface area contributed by atoms with Crippen molar-refractivity contribution in [3.8, 4) is 0 Å². The molecule has 0 atom stereocenters. The summed E-state index contributed by atoms with van der Waals surface area (Å²) < 4.78 is 0. The maximum atomic E-state index is 10.9. The van der Waals surface area contributed by atoms with Crippen molar-refractivity contribution in [3.63, 3.8) is 0 Å². The van der Waals surface area contributed by atoms with Gasteiger partial charge in [0, 0.05) is 0 Å². The molecular formula is C10H10N10O6. The molecule has 2 aliphatic heterocycles. The van der Waals surface area contributed by atoms with Crippen LogP contribution in [0.1, 0.15) is 0 Å². The van der Waals surface area contributed by atoms with Crippen LogP contribution in [0.25, 0.3) is 0 Å². The first kappa shape index (κ1) is 15.7. The van der Waals surface area contributed by atoms with Crippen molar-refractivity contribution in [2.45, 2.75) is 0 Å². The summed E-state index contributed by atoms with van der Waals surface area (Å²) in [6.07, 6.45) is 0. The summed E-state index contributed by atoms with van der Waals surface area (Å²) in [6.45, 7) is 0. The third kappa shape index (κ3) is 2.04. The first-order valence-corrected chi connectivity index (χ1v) is 6.77. The Kier molecular flexibility index (Phi) is 3.05. The minimum absolute atomic E-state index is 0.0176. The molecule has 0 amide bonds. The molecule has 26 heavy (non-hydrogen) atoms. The van der Waals surface area contributed by atoms with Crippen LogP contribution in [0.5, 0.6) is 0 Å². The van der Waals surface area contributed by atoms with Crippen LogP contribution >= 0.6 is 0 Å². The van der Waals surface area contributed by atoms with Crippen molar-refractivity contribution in [2.24, 2.45) is 0 Å². The van der Waals surface area contributed by atoms with Gasteiger partial charge in [-0.05, 0) is 27.0 Å². The number of nitro groups is 1. The van der Waals surface area contributed by atoms with E-state index in [0.29, 0.717) is 0 Å². The van der Waals surface area contributed by atoms with Gasteiger partial charge < -0.3 is 15.8 Å². The minimum Gasteiger partial charge on any atom is -0.390 e. The first-order chi connectivity index (χ1) is 12.3. The number of nitrogens with zero attached hydrogens (tertiary/aromatic N) is 7. The van der Waals surface area contributed by atoms with Gasteiger partial charge in [0.05, 0.1) is 5.69 Å². The number of nitrogens with one attached hydrogen (secondary N) is 2. The fourth-order valence-corrected chi connectivity index (χ4v) is 2.61. The van der Waals surface area contributed by atoms with Gasteiger partial charge in [0.2, 0.25) is 11.5 Å². The highest BCUT2D eigenvalue weighted by Gasteiger charge is 2.43. The highest BCUT2D eigenvalue weighted by molar-refractivity contribution is 5.99. The van der Waals surface area contributed by atoms with Crippen molar-refractivity contribution in [2.75, 3.05) is 37.3 Å². The number of rotatable bonds is 3. The molecule has 16 nitrogen and oxygen atoms in total. The topological polar surface area (TPSA) is 213 Å². The fourth-order valence-electron chi connectivity index (χ4n) is 2.61. The number of hydrazine groups is 3. The van der Waals surface area contributed by atoms with E-state index in [9.17, 15) is 30.9 Å². The molecule has 0 aliphatic carbocycles. The number of benzene rings is 1. The second-order valence-corrected chi connectivity index (χ2v) is 5.15. The molecule has 2 aliphatic rings. The SMILES string of the molecule is Nc1nc([N+](=O)[O-])nc2c1N1Nc3c(N(O)O)cc(N(O)O)cc3N1N2. The number of fused-ring (bicyclic) bond motifs is 5. The first-order valence-electron chi connectivity index (χ1n) is 6.77. The maximum absolute atomic E-state index is 10.9. The van der Waals surface area contributed by atoms with Gasteiger partial charge in [0.15, 0.2) is 0 Å². The van der Waals surface area contributed by atoms with Crippen LogP contribution in [0.15, 0.2) is 12.1 Å². The molecular weight excluding hydrogens is 356 g/mol. The van der Waals surface area contributed by atoms with E-state index in [1.54, 1.807) is 0 Å². The van der Waals surface area contributed by atoms with Crippen LogP contribution in [-0.2, 0) is 0 Å². The van der Waals surface area contributed by atoms with E-state index in [0.717, 1.165) is 6.07 Å². The zero-order chi connectivity index (χ0) is 18.7. The van der Waals surface area contributed by atoms with Crippen LogP contribution in [0, 0.1) is 10.1 Å². The molecule has 0 spiro atoms. The fraction of sp³-hybridized carbons (Fsp3) is 0. The van der Waals surface area contributed by atoms with Crippen molar-refractivity contribution < 1.29 is 25.8 Å². The van der Waals surface area contributed by atoms with E-state index < -0.39 is 10.9 Å². The zero-order valence-corrected chi connectivity index (χ0v) is 12.5. The van der Waals surface area contributed by atoms with Crippen molar-refractivity contribution in [1.82, 2.24) is 9.97 Å². The highest BCUT2D eigenvalue weighted by Crippen LogP contribution is 2.50.